The predicted octanol–water partition coefficient (Wildman–Crippen LogP) is 2.71. The van der Waals surface area contributed by atoms with Crippen LogP contribution in [0.2, 0.25) is 0 Å². The molecule has 3 heterocycles. The van der Waals surface area contributed by atoms with Crippen LogP contribution in [0.3, 0.4) is 0 Å². The van der Waals surface area contributed by atoms with Crippen molar-refractivity contribution >= 4 is 11.6 Å². The Morgan fingerprint density at radius 2 is 1.88 bits per heavy atom. The van der Waals surface area contributed by atoms with Crippen molar-refractivity contribution in [1.29, 1.82) is 5.26 Å². The molecule has 1 aliphatic rings. The van der Waals surface area contributed by atoms with Crippen LogP contribution in [0, 0.1) is 17.2 Å². The van der Waals surface area contributed by atoms with Gasteiger partial charge in [0.25, 0.3) is 0 Å². The normalized spacial score (nSPS) is 16.1. The summed E-state index contributed by atoms with van der Waals surface area (Å²) in [5.41, 5.74) is 9.81. The van der Waals surface area contributed by atoms with Crippen molar-refractivity contribution in [3.63, 3.8) is 0 Å². The molecule has 2 aromatic heterocycles. The Balaban J connectivity index is 1.51. The van der Waals surface area contributed by atoms with E-state index in [1.807, 2.05) is 18.2 Å². The Morgan fingerprint density at radius 3 is 2.60 bits per heavy atom. The first kappa shape index (κ1) is 15.6. The van der Waals surface area contributed by atoms with Crippen LogP contribution in [0.5, 0.6) is 0 Å². The van der Waals surface area contributed by atoms with Crippen LogP contribution in [0.1, 0.15) is 18.4 Å². The van der Waals surface area contributed by atoms with Crippen molar-refractivity contribution in [2.75, 3.05) is 18.8 Å². The molecule has 0 spiro atoms. The van der Waals surface area contributed by atoms with E-state index < -0.39 is 0 Å². The highest BCUT2D eigenvalue weighted by molar-refractivity contribution is 5.63. The van der Waals surface area contributed by atoms with Gasteiger partial charge in [-0.05, 0) is 43.6 Å². The minimum atomic E-state index is 0.231. The molecular weight excluding hydrogens is 312 g/mol. The Kier molecular flexibility index (Phi) is 4.08. The summed E-state index contributed by atoms with van der Waals surface area (Å²) in [5, 5.41) is 13.3. The summed E-state index contributed by atoms with van der Waals surface area (Å²) >= 11 is 0. The second-order valence-corrected chi connectivity index (χ2v) is 6.53. The van der Waals surface area contributed by atoms with E-state index in [1.165, 1.54) is 5.56 Å². The van der Waals surface area contributed by atoms with Gasteiger partial charge in [-0.25, -0.2) is 4.52 Å². The van der Waals surface area contributed by atoms with Crippen LogP contribution < -0.4 is 5.73 Å². The second kappa shape index (κ2) is 6.54. The Labute approximate surface area is 146 Å². The molecule has 3 aromatic rings. The van der Waals surface area contributed by atoms with Crippen molar-refractivity contribution in [3.8, 4) is 17.3 Å². The molecule has 4 rings (SSSR count). The highest BCUT2D eigenvalue weighted by atomic mass is 15.3. The van der Waals surface area contributed by atoms with Gasteiger partial charge in [0.15, 0.2) is 5.65 Å². The molecule has 6 nitrogen and oxygen atoms in total. The lowest BCUT2D eigenvalue weighted by Crippen LogP contribution is -2.32. The van der Waals surface area contributed by atoms with Crippen LogP contribution >= 0.6 is 0 Å². The molecule has 0 bridgehead atoms. The van der Waals surface area contributed by atoms with Gasteiger partial charge in [0.05, 0.1) is 11.8 Å². The average molecular weight is 332 g/mol. The molecule has 2 N–H and O–H groups in total. The Morgan fingerprint density at radius 1 is 1.12 bits per heavy atom. The standard InChI is InChI=1S/C19H20N6/c20-12-14-8-10-24(11-9-14)13-15-4-6-16(7-5-15)17-2-1-3-18-22-19(21)23-25(17)18/h1-7,14H,8-11,13H2,(H2,21,23). The molecule has 0 radical (unpaired) electrons. The number of aromatic nitrogens is 3. The van der Waals surface area contributed by atoms with Gasteiger partial charge in [0.1, 0.15) is 0 Å². The van der Waals surface area contributed by atoms with E-state index >= 15 is 0 Å². The van der Waals surface area contributed by atoms with Crippen LogP contribution in [0.15, 0.2) is 42.5 Å². The number of hydrogen-bond donors (Lipinski definition) is 1. The molecule has 1 fully saturated rings. The van der Waals surface area contributed by atoms with Crippen LogP contribution in [0.25, 0.3) is 16.9 Å². The van der Waals surface area contributed by atoms with E-state index in [-0.39, 0.29) is 11.9 Å². The lowest BCUT2D eigenvalue weighted by atomic mass is 9.98. The first-order valence-corrected chi connectivity index (χ1v) is 8.55. The number of rotatable bonds is 3. The SMILES string of the molecule is N#CC1CCN(Cc2ccc(-c3cccc4nc(N)nn34)cc2)CC1. The van der Waals surface area contributed by atoms with Crippen LogP contribution in [-0.4, -0.2) is 32.6 Å². The fourth-order valence-corrected chi connectivity index (χ4v) is 3.40. The fourth-order valence-electron chi connectivity index (χ4n) is 3.40. The Bertz CT molecular complexity index is 913. The van der Waals surface area contributed by atoms with Gasteiger partial charge in [-0.2, -0.15) is 10.2 Å². The highest BCUT2D eigenvalue weighted by Gasteiger charge is 2.18. The summed E-state index contributed by atoms with van der Waals surface area (Å²) in [7, 11) is 0. The van der Waals surface area contributed by atoms with Crippen molar-refractivity contribution in [2.45, 2.75) is 19.4 Å². The zero-order valence-electron chi connectivity index (χ0n) is 14.0. The first-order valence-electron chi connectivity index (χ1n) is 8.55. The van der Waals surface area contributed by atoms with Gasteiger partial charge in [0, 0.05) is 18.0 Å². The fraction of sp³-hybridized carbons (Fsp3) is 0.316. The molecule has 0 amide bonds. The summed E-state index contributed by atoms with van der Waals surface area (Å²) in [6, 6.07) is 16.8. The van der Waals surface area contributed by atoms with E-state index in [0.717, 1.165) is 49.4 Å². The molecule has 1 aliphatic heterocycles. The molecule has 0 aliphatic carbocycles. The van der Waals surface area contributed by atoms with Crippen molar-refractivity contribution in [1.82, 2.24) is 19.5 Å². The summed E-state index contributed by atoms with van der Waals surface area (Å²) in [5.74, 6) is 0.513. The van der Waals surface area contributed by atoms with Crippen molar-refractivity contribution in [3.05, 3.63) is 48.0 Å². The molecule has 0 saturated carbocycles. The zero-order chi connectivity index (χ0) is 17.2. The maximum atomic E-state index is 8.99. The molecule has 1 aromatic carbocycles. The maximum absolute atomic E-state index is 8.99. The number of piperidine rings is 1. The van der Waals surface area contributed by atoms with Gasteiger partial charge in [-0.15, -0.1) is 5.10 Å². The predicted molar refractivity (Wildman–Crippen MR) is 96.4 cm³/mol. The molecule has 126 valence electrons. The van der Waals surface area contributed by atoms with Crippen molar-refractivity contribution < 1.29 is 0 Å². The van der Waals surface area contributed by atoms with Gasteiger partial charge in [-0.3, -0.25) is 4.90 Å². The lowest BCUT2D eigenvalue weighted by Gasteiger charge is -2.29. The first-order chi connectivity index (χ1) is 12.2. The minimum absolute atomic E-state index is 0.231. The number of nitrogen functional groups attached to an aromatic ring is 1. The van der Waals surface area contributed by atoms with Gasteiger partial charge < -0.3 is 5.73 Å². The number of nitrogens with zero attached hydrogens (tertiary/aromatic N) is 5. The average Bonchev–Trinajstić information content (AvgIpc) is 3.03. The van der Waals surface area contributed by atoms with E-state index in [2.05, 4.69) is 45.3 Å². The van der Waals surface area contributed by atoms with E-state index in [4.69, 9.17) is 11.0 Å². The molecular formula is C19H20N6. The van der Waals surface area contributed by atoms with Crippen LogP contribution in [0.4, 0.5) is 5.95 Å². The molecule has 25 heavy (non-hydrogen) atoms. The minimum Gasteiger partial charge on any atom is -0.366 e. The number of anilines is 1. The topological polar surface area (TPSA) is 83.2 Å². The number of nitrogens with two attached hydrogens (primary N) is 1. The number of hydrogen-bond acceptors (Lipinski definition) is 5. The molecule has 0 atom stereocenters. The third-order valence-corrected chi connectivity index (χ3v) is 4.80. The maximum Gasteiger partial charge on any atom is 0.240 e. The van der Waals surface area contributed by atoms with E-state index in [0.29, 0.717) is 0 Å². The van der Waals surface area contributed by atoms with Crippen LogP contribution in [-0.2, 0) is 6.54 Å². The largest absolute Gasteiger partial charge is 0.366 e. The van der Waals surface area contributed by atoms with Gasteiger partial charge in [0.2, 0.25) is 5.95 Å². The van der Waals surface area contributed by atoms with E-state index in [9.17, 15) is 0 Å². The number of fused-ring (bicyclic) bond motifs is 1. The van der Waals surface area contributed by atoms with Gasteiger partial charge in [-0.1, -0.05) is 30.3 Å². The third kappa shape index (κ3) is 3.19. The smallest absolute Gasteiger partial charge is 0.240 e. The number of likely N-dealkylation sites (tertiary alicyclic amines) is 1. The number of nitriles is 1. The summed E-state index contributed by atoms with van der Waals surface area (Å²) in [4.78, 5) is 6.63. The van der Waals surface area contributed by atoms with Gasteiger partial charge >= 0.3 is 0 Å². The second-order valence-electron chi connectivity index (χ2n) is 6.53. The number of pyridine rings is 1. The third-order valence-electron chi connectivity index (χ3n) is 4.80. The monoisotopic (exact) mass is 332 g/mol. The number of benzene rings is 1. The summed E-state index contributed by atoms with van der Waals surface area (Å²) < 4.78 is 1.77. The Hall–Kier alpha value is -2.91. The van der Waals surface area contributed by atoms with E-state index in [1.54, 1.807) is 4.52 Å². The summed E-state index contributed by atoms with van der Waals surface area (Å²) in [6.45, 7) is 2.92. The molecule has 6 heteroatoms. The zero-order valence-corrected chi connectivity index (χ0v) is 14.0. The lowest BCUT2D eigenvalue weighted by molar-refractivity contribution is 0.198. The highest BCUT2D eigenvalue weighted by Crippen LogP contribution is 2.23. The molecule has 0 unspecified atom stereocenters. The van der Waals surface area contributed by atoms with Crippen molar-refractivity contribution in [2.24, 2.45) is 5.92 Å². The quantitative estimate of drug-likeness (QED) is 0.797. The summed E-state index contributed by atoms with van der Waals surface area (Å²) in [6.07, 6.45) is 1.95. The molecule has 1 saturated heterocycles.